The SMILES string of the molecule is CCCCC[P+](CCCC)(CCCC)C(=O)c1ccccc1. The maximum Gasteiger partial charge on any atom is 0.297 e. The second-order valence-corrected chi connectivity index (χ2v) is 10.4. The largest absolute Gasteiger partial charge is 0.297 e. The molecule has 0 radical (unpaired) electrons. The first-order valence-corrected chi connectivity index (χ1v) is 11.5. The molecule has 0 spiro atoms. The van der Waals surface area contributed by atoms with Gasteiger partial charge < -0.3 is 0 Å². The molecule has 0 bridgehead atoms. The molecular weight excluding hydrogens is 287 g/mol. The monoisotopic (exact) mass is 321 g/mol. The van der Waals surface area contributed by atoms with Gasteiger partial charge >= 0.3 is 0 Å². The maximum atomic E-state index is 13.3. The number of carbonyl (C=O) groups is 1. The van der Waals surface area contributed by atoms with Gasteiger partial charge in [-0.05, 0) is 31.4 Å². The van der Waals surface area contributed by atoms with Crippen LogP contribution in [0.1, 0.15) is 76.1 Å². The second kappa shape index (κ2) is 10.9. The Morgan fingerprint density at radius 2 is 1.27 bits per heavy atom. The summed E-state index contributed by atoms with van der Waals surface area (Å²) in [6.45, 7) is 6.73. The van der Waals surface area contributed by atoms with E-state index in [4.69, 9.17) is 0 Å². The second-order valence-electron chi connectivity index (χ2n) is 6.40. The van der Waals surface area contributed by atoms with Crippen LogP contribution >= 0.6 is 7.26 Å². The smallest absolute Gasteiger partial charge is 0.247 e. The van der Waals surface area contributed by atoms with Crippen molar-refractivity contribution in [1.29, 1.82) is 0 Å². The lowest BCUT2D eigenvalue weighted by atomic mass is 10.2. The molecule has 0 amide bonds. The van der Waals surface area contributed by atoms with Crippen molar-refractivity contribution < 1.29 is 4.79 Å². The topological polar surface area (TPSA) is 17.1 Å². The molecule has 1 nitrogen and oxygen atoms in total. The van der Waals surface area contributed by atoms with E-state index in [1.165, 1.54) is 63.4 Å². The van der Waals surface area contributed by atoms with Gasteiger partial charge in [0.05, 0.1) is 31.3 Å². The zero-order valence-electron chi connectivity index (χ0n) is 14.8. The van der Waals surface area contributed by atoms with Crippen LogP contribution in [0.25, 0.3) is 0 Å². The Kier molecular flexibility index (Phi) is 9.64. The van der Waals surface area contributed by atoms with Crippen molar-refractivity contribution in [2.75, 3.05) is 18.5 Å². The summed E-state index contributed by atoms with van der Waals surface area (Å²) in [6, 6.07) is 10.1. The van der Waals surface area contributed by atoms with Crippen LogP contribution in [0, 0.1) is 0 Å². The normalized spacial score (nSPS) is 11.6. The fourth-order valence-electron chi connectivity index (χ4n) is 3.08. The minimum absolute atomic E-state index is 0.506. The highest BCUT2D eigenvalue weighted by molar-refractivity contribution is 7.91. The maximum absolute atomic E-state index is 13.3. The number of hydrogen-bond acceptors (Lipinski definition) is 1. The van der Waals surface area contributed by atoms with E-state index in [0.29, 0.717) is 5.52 Å². The van der Waals surface area contributed by atoms with Gasteiger partial charge in [-0.2, -0.15) is 0 Å². The molecular formula is C20H34OP+. The molecule has 1 aromatic carbocycles. The Bertz CT molecular complexity index is 405. The molecule has 0 aromatic heterocycles. The summed E-state index contributed by atoms with van der Waals surface area (Å²) in [5, 5.41) is 0. The van der Waals surface area contributed by atoms with Crippen LogP contribution in [0.5, 0.6) is 0 Å². The van der Waals surface area contributed by atoms with E-state index in [2.05, 4.69) is 20.8 Å². The molecule has 124 valence electrons. The van der Waals surface area contributed by atoms with Gasteiger partial charge in [0.1, 0.15) is 0 Å². The van der Waals surface area contributed by atoms with Crippen molar-refractivity contribution >= 4 is 12.8 Å². The van der Waals surface area contributed by atoms with E-state index in [0.717, 1.165) is 5.56 Å². The molecule has 0 saturated heterocycles. The summed E-state index contributed by atoms with van der Waals surface area (Å²) in [5.41, 5.74) is 1.46. The molecule has 0 fully saturated rings. The molecule has 0 unspecified atom stereocenters. The van der Waals surface area contributed by atoms with Crippen LogP contribution < -0.4 is 0 Å². The number of carbonyl (C=O) groups excluding carboxylic acids is 1. The van der Waals surface area contributed by atoms with Crippen molar-refractivity contribution in [2.24, 2.45) is 0 Å². The van der Waals surface area contributed by atoms with E-state index in [-0.39, 0.29) is 0 Å². The van der Waals surface area contributed by atoms with E-state index in [1.54, 1.807) is 0 Å². The quantitative estimate of drug-likeness (QED) is 0.312. The summed E-state index contributed by atoms with van der Waals surface area (Å²) in [7, 11) is -1.51. The summed E-state index contributed by atoms with van der Waals surface area (Å²) in [4.78, 5) is 13.3. The molecule has 0 atom stereocenters. The lowest BCUT2D eigenvalue weighted by Crippen LogP contribution is -2.18. The third-order valence-electron chi connectivity index (χ3n) is 4.52. The summed E-state index contributed by atoms with van der Waals surface area (Å²) in [6.07, 6.45) is 12.1. The molecule has 0 N–H and O–H groups in total. The van der Waals surface area contributed by atoms with Crippen LogP contribution in [0.2, 0.25) is 0 Å². The van der Waals surface area contributed by atoms with Crippen molar-refractivity contribution in [3.63, 3.8) is 0 Å². The first-order valence-electron chi connectivity index (χ1n) is 9.16. The third kappa shape index (κ3) is 5.84. The predicted octanol–water partition coefficient (Wildman–Crippen LogP) is 6.63. The minimum atomic E-state index is -1.51. The summed E-state index contributed by atoms with van der Waals surface area (Å²) >= 11 is 0. The number of benzene rings is 1. The molecule has 1 aromatic rings. The van der Waals surface area contributed by atoms with Crippen molar-refractivity contribution in [3.8, 4) is 0 Å². The van der Waals surface area contributed by atoms with Gasteiger partial charge in [-0.15, -0.1) is 0 Å². The van der Waals surface area contributed by atoms with Gasteiger partial charge in [0.15, 0.2) is 0 Å². The molecule has 2 heteroatoms. The molecule has 0 aliphatic rings. The van der Waals surface area contributed by atoms with Gasteiger partial charge in [-0.25, -0.2) is 4.79 Å². The Morgan fingerprint density at radius 1 is 0.773 bits per heavy atom. The highest BCUT2D eigenvalue weighted by Gasteiger charge is 2.44. The highest BCUT2D eigenvalue weighted by atomic mass is 31.2. The lowest BCUT2D eigenvalue weighted by Gasteiger charge is -2.25. The number of rotatable bonds is 12. The van der Waals surface area contributed by atoms with Gasteiger partial charge in [-0.3, -0.25) is 0 Å². The molecule has 0 aliphatic carbocycles. The fourth-order valence-corrected chi connectivity index (χ4v) is 7.73. The Labute approximate surface area is 138 Å². The average molecular weight is 321 g/mol. The Balaban J connectivity index is 2.99. The van der Waals surface area contributed by atoms with E-state index >= 15 is 0 Å². The van der Waals surface area contributed by atoms with Crippen LogP contribution in [-0.2, 0) is 0 Å². The first kappa shape index (κ1) is 19.4. The minimum Gasteiger partial charge on any atom is -0.247 e. The Morgan fingerprint density at radius 3 is 1.77 bits per heavy atom. The van der Waals surface area contributed by atoms with Crippen molar-refractivity contribution in [2.45, 2.75) is 65.7 Å². The Hall–Kier alpha value is -0.680. The number of hydrogen-bond donors (Lipinski definition) is 0. The predicted molar refractivity (Wildman–Crippen MR) is 102 cm³/mol. The summed E-state index contributed by atoms with van der Waals surface area (Å²) < 4.78 is 0. The van der Waals surface area contributed by atoms with Crippen LogP contribution in [0.4, 0.5) is 0 Å². The molecule has 0 aliphatic heterocycles. The summed E-state index contributed by atoms with van der Waals surface area (Å²) in [5.74, 6) is 0. The molecule has 22 heavy (non-hydrogen) atoms. The first-order chi connectivity index (χ1) is 10.7. The zero-order chi connectivity index (χ0) is 16.3. The van der Waals surface area contributed by atoms with Crippen LogP contribution in [-0.4, -0.2) is 24.0 Å². The van der Waals surface area contributed by atoms with Gasteiger partial charge in [0, 0.05) is 0 Å². The lowest BCUT2D eigenvalue weighted by molar-refractivity contribution is 0.107. The zero-order valence-corrected chi connectivity index (χ0v) is 15.7. The van der Waals surface area contributed by atoms with E-state index in [1.807, 2.05) is 30.3 Å². The molecule has 0 saturated carbocycles. The van der Waals surface area contributed by atoms with Gasteiger partial charge in [-0.1, -0.05) is 64.7 Å². The van der Waals surface area contributed by atoms with E-state index < -0.39 is 7.26 Å². The fraction of sp³-hybridized carbons (Fsp3) is 0.650. The molecule has 0 heterocycles. The number of unbranched alkanes of at least 4 members (excludes halogenated alkanes) is 4. The van der Waals surface area contributed by atoms with Crippen LogP contribution in [0.15, 0.2) is 30.3 Å². The highest BCUT2D eigenvalue weighted by Crippen LogP contribution is 2.63. The standard InChI is InChI=1S/C20H34OP/c1-4-7-13-18-22(16-8-5-2,17-9-6-3)20(21)19-14-11-10-12-15-19/h10-12,14-15H,4-9,13,16-18H2,1-3H3/q+1. The molecule has 1 rings (SSSR count). The third-order valence-corrected chi connectivity index (χ3v) is 9.16. The van der Waals surface area contributed by atoms with Crippen molar-refractivity contribution in [1.82, 2.24) is 0 Å². The average Bonchev–Trinajstić information content (AvgIpc) is 2.57. The van der Waals surface area contributed by atoms with Crippen LogP contribution in [0.3, 0.4) is 0 Å². The van der Waals surface area contributed by atoms with Crippen molar-refractivity contribution in [3.05, 3.63) is 35.9 Å². The van der Waals surface area contributed by atoms with Gasteiger partial charge in [0.25, 0.3) is 5.52 Å². The van der Waals surface area contributed by atoms with E-state index in [9.17, 15) is 4.79 Å². The van der Waals surface area contributed by atoms with Gasteiger partial charge in [0.2, 0.25) is 0 Å².